The van der Waals surface area contributed by atoms with Crippen molar-refractivity contribution in [1.29, 1.82) is 0 Å². The zero-order chi connectivity index (χ0) is 18.7. The normalized spacial score (nSPS) is 15.0. The first-order valence-electron chi connectivity index (χ1n) is 7.81. The van der Waals surface area contributed by atoms with Crippen LogP contribution >= 0.6 is 23.2 Å². The fourth-order valence-electron chi connectivity index (χ4n) is 2.42. The van der Waals surface area contributed by atoms with Gasteiger partial charge in [0.2, 0.25) is 5.90 Å². The van der Waals surface area contributed by atoms with Crippen molar-refractivity contribution in [2.24, 2.45) is 4.99 Å². The highest BCUT2D eigenvalue weighted by atomic mass is 35.5. The molecule has 0 saturated heterocycles. The summed E-state index contributed by atoms with van der Waals surface area (Å²) in [4.78, 5) is 16.4. The first-order valence-corrected chi connectivity index (χ1v) is 8.57. The Kier molecular flexibility index (Phi) is 5.49. The molecule has 1 aliphatic heterocycles. The Hall–Kier alpha value is -2.50. The Morgan fingerprint density at radius 3 is 2.65 bits per heavy atom. The van der Waals surface area contributed by atoms with Crippen LogP contribution in [-0.2, 0) is 9.53 Å². The highest BCUT2D eigenvalue weighted by Gasteiger charge is 2.25. The van der Waals surface area contributed by atoms with Crippen LogP contribution in [0.2, 0.25) is 10.0 Å². The molecule has 0 aromatic heterocycles. The molecule has 2 aromatic rings. The Labute approximate surface area is 160 Å². The molecule has 0 aliphatic carbocycles. The van der Waals surface area contributed by atoms with Crippen molar-refractivity contribution < 1.29 is 19.0 Å². The van der Waals surface area contributed by atoms with Crippen molar-refractivity contribution in [1.82, 2.24) is 0 Å². The Morgan fingerprint density at radius 1 is 1.19 bits per heavy atom. The lowest BCUT2D eigenvalue weighted by molar-refractivity contribution is -0.129. The van der Waals surface area contributed by atoms with Gasteiger partial charge in [0, 0.05) is 0 Å². The summed E-state index contributed by atoms with van der Waals surface area (Å²) >= 11 is 12.4. The molecule has 0 N–H and O–H groups in total. The second kappa shape index (κ2) is 7.81. The summed E-state index contributed by atoms with van der Waals surface area (Å²) in [5, 5.41) is 0.825. The van der Waals surface area contributed by atoms with E-state index >= 15 is 0 Å². The molecule has 2 aromatic carbocycles. The van der Waals surface area contributed by atoms with E-state index in [2.05, 4.69) is 4.99 Å². The predicted molar refractivity (Wildman–Crippen MR) is 101 cm³/mol. The van der Waals surface area contributed by atoms with Gasteiger partial charge in [-0.25, -0.2) is 9.79 Å². The first-order chi connectivity index (χ1) is 12.5. The molecule has 0 atom stereocenters. The maximum absolute atomic E-state index is 12.1. The van der Waals surface area contributed by atoms with Gasteiger partial charge in [0.05, 0.1) is 29.3 Å². The molecule has 0 radical (unpaired) electrons. The number of halogens is 2. The summed E-state index contributed by atoms with van der Waals surface area (Å²) in [5.41, 5.74) is 1.32. The molecule has 134 valence electrons. The second-order valence-electron chi connectivity index (χ2n) is 5.28. The van der Waals surface area contributed by atoms with Crippen LogP contribution in [0.5, 0.6) is 11.5 Å². The number of esters is 1. The average molecular weight is 392 g/mol. The van der Waals surface area contributed by atoms with Crippen LogP contribution in [0.3, 0.4) is 0 Å². The molecule has 0 unspecified atom stereocenters. The third-order valence-corrected chi connectivity index (χ3v) is 4.18. The summed E-state index contributed by atoms with van der Waals surface area (Å²) in [7, 11) is 1.52. The Morgan fingerprint density at radius 2 is 1.96 bits per heavy atom. The van der Waals surface area contributed by atoms with E-state index in [0.717, 1.165) is 0 Å². The lowest BCUT2D eigenvalue weighted by Crippen LogP contribution is -2.05. The van der Waals surface area contributed by atoms with Gasteiger partial charge >= 0.3 is 5.97 Å². The SMILES string of the molecule is CCOc1c(Cl)cc(/C=C2\N=C(c3ccccc3Cl)OC2=O)cc1OC. The number of benzene rings is 2. The van der Waals surface area contributed by atoms with Crippen molar-refractivity contribution in [3.8, 4) is 11.5 Å². The van der Waals surface area contributed by atoms with E-state index in [9.17, 15) is 4.79 Å². The number of methoxy groups -OCH3 is 1. The van der Waals surface area contributed by atoms with Gasteiger partial charge in [-0.3, -0.25) is 0 Å². The maximum atomic E-state index is 12.1. The summed E-state index contributed by atoms with van der Waals surface area (Å²) in [6.45, 7) is 2.31. The van der Waals surface area contributed by atoms with E-state index in [4.69, 9.17) is 37.4 Å². The zero-order valence-electron chi connectivity index (χ0n) is 14.1. The molecule has 26 heavy (non-hydrogen) atoms. The lowest BCUT2D eigenvalue weighted by Gasteiger charge is -2.11. The smallest absolute Gasteiger partial charge is 0.363 e. The van der Waals surface area contributed by atoms with E-state index in [1.165, 1.54) is 7.11 Å². The van der Waals surface area contributed by atoms with Gasteiger partial charge in [-0.2, -0.15) is 0 Å². The van der Waals surface area contributed by atoms with Crippen LogP contribution in [-0.4, -0.2) is 25.6 Å². The van der Waals surface area contributed by atoms with Crippen molar-refractivity contribution in [3.63, 3.8) is 0 Å². The second-order valence-corrected chi connectivity index (χ2v) is 6.10. The van der Waals surface area contributed by atoms with Gasteiger partial charge < -0.3 is 14.2 Å². The van der Waals surface area contributed by atoms with E-state index < -0.39 is 5.97 Å². The quantitative estimate of drug-likeness (QED) is 0.545. The molecule has 0 saturated carbocycles. The summed E-state index contributed by atoms with van der Waals surface area (Å²) in [6.07, 6.45) is 1.57. The Balaban J connectivity index is 1.98. The molecule has 0 bridgehead atoms. The molecule has 0 fully saturated rings. The van der Waals surface area contributed by atoms with E-state index in [-0.39, 0.29) is 11.6 Å². The maximum Gasteiger partial charge on any atom is 0.363 e. The molecule has 0 spiro atoms. The average Bonchev–Trinajstić information content (AvgIpc) is 2.98. The number of hydrogen-bond acceptors (Lipinski definition) is 5. The standard InChI is InChI=1S/C19H15Cl2NO4/c1-3-25-17-14(21)8-11(10-16(17)24-2)9-15-19(23)26-18(22-15)12-6-4-5-7-13(12)20/h4-10H,3H2,1-2H3/b15-9-. The van der Waals surface area contributed by atoms with Crippen molar-refractivity contribution in [3.05, 3.63) is 63.3 Å². The fourth-order valence-corrected chi connectivity index (χ4v) is 2.91. The van der Waals surface area contributed by atoms with Gasteiger partial charge in [0.1, 0.15) is 0 Å². The molecule has 5 nitrogen and oxygen atoms in total. The summed E-state index contributed by atoms with van der Waals surface area (Å²) in [6, 6.07) is 10.4. The van der Waals surface area contributed by atoms with Gasteiger partial charge in [-0.05, 0) is 42.8 Å². The Bertz CT molecular complexity index is 922. The van der Waals surface area contributed by atoms with Crippen molar-refractivity contribution in [2.45, 2.75) is 6.92 Å². The van der Waals surface area contributed by atoms with Crippen LogP contribution in [0.1, 0.15) is 18.1 Å². The largest absolute Gasteiger partial charge is 0.493 e. The molecule has 3 rings (SSSR count). The monoisotopic (exact) mass is 391 g/mol. The van der Waals surface area contributed by atoms with Gasteiger partial charge in [0.15, 0.2) is 17.2 Å². The molecule has 7 heteroatoms. The van der Waals surface area contributed by atoms with Crippen molar-refractivity contribution in [2.75, 3.05) is 13.7 Å². The highest BCUT2D eigenvalue weighted by Crippen LogP contribution is 2.37. The van der Waals surface area contributed by atoms with E-state index in [0.29, 0.717) is 39.3 Å². The third kappa shape index (κ3) is 3.69. The number of ether oxygens (including phenoxy) is 3. The minimum atomic E-state index is -0.566. The van der Waals surface area contributed by atoms with Crippen LogP contribution in [0.15, 0.2) is 47.1 Å². The first kappa shape index (κ1) is 18.3. The zero-order valence-corrected chi connectivity index (χ0v) is 15.6. The minimum absolute atomic E-state index is 0.141. The van der Waals surface area contributed by atoms with Gasteiger partial charge in [-0.1, -0.05) is 35.3 Å². The van der Waals surface area contributed by atoms with Crippen LogP contribution in [0, 0.1) is 0 Å². The summed E-state index contributed by atoms with van der Waals surface area (Å²) in [5.74, 6) is 0.515. The lowest BCUT2D eigenvalue weighted by atomic mass is 10.1. The van der Waals surface area contributed by atoms with E-state index in [1.54, 1.807) is 42.5 Å². The number of aliphatic imine (C=N–C) groups is 1. The fraction of sp³-hybridized carbons (Fsp3) is 0.158. The number of hydrogen-bond donors (Lipinski definition) is 0. The van der Waals surface area contributed by atoms with Crippen LogP contribution in [0.4, 0.5) is 0 Å². The number of carbonyl (C=O) groups is 1. The van der Waals surface area contributed by atoms with E-state index in [1.807, 2.05) is 6.92 Å². The summed E-state index contributed by atoms with van der Waals surface area (Å²) < 4.78 is 16.0. The highest BCUT2D eigenvalue weighted by molar-refractivity contribution is 6.34. The number of rotatable bonds is 5. The predicted octanol–water partition coefficient (Wildman–Crippen LogP) is 4.75. The van der Waals surface area contributed by atoms with Crippen LogP contribution < -0.4 is 9.47 Å². The molecule has 1 heterocycles. The number of carbonyl (C=O) groups excluding carboxylic acids is 1. The van der Waals surface area contributed by atoms with Crippen molar-refractivity contribution >= 4 is 41.1 Å². The van der Waals surface area contributed by atoms with Gasteiger partial charge in [0.25, 0.3) is 0 Å². The number of cyclic esters (lactones) is 1. The number of nitrogens with zero attached hydrogens (tertiary/aromatic N) is 1. The molecule has 1 aliphatic rings. The van der Waals surface area contributed by atoms with Gasteiger partial charge in [-0.15, -0.1) is 0 Å². The third-order valence-electron chi connectivity index (χ3n) is 3.57. The minimum Gasteiger partial charge on any atom is -0.493 e. The molecular weight excluding hydrogens is 377 g/mol. The topological polar surface area (TPSA) is 57.1 Å². The molecular formula is C19H15Cl2NO4. The molecule has 0 amide bonds. The van der Waals surface area contributed by atoms with Crippen LogP contribution in [0.25, 0.3) is 6.08 Å².